The average molecular weight is 359 g/mol. The quantitative estimate of drug-likeness (QED) is 0.563. The Bertz CT molecular complexity index is 951. The summed E-state index contributed by atoms with van der Waals surface area (Å²) in [5.41, 5.74) is 1.60. The molecule has 3 rings (SSSR count). The number of hydrogen-bond acceptors (Lipinski definition) is 5. The molecule has 3 aromatic rings. The normalized spacial score (nSPS) is 12.0. The van der Waals surface area contributed by atoms with Crippen LogP contribution >= 0.6 is 11.6 Å². The van der Waals surface area contributed by atoms with Gasteiger partial charge in [0, 0.05) is 17.1 Å². The van der Waals surface area contributed by atoms with Gasteiger partial charge in [-0.2, -0.15) is 0 Å². The monoisotopic (exact) mass is 358 g/mol. The summed E-state index contributed by atoms with van der Waals surface area (Å²) >= 11 is 5.89. The van der Waals surface area contributed by atoms with E-state index in [0.29, 0.717) is 16.8 Å². The number of aromatic nitrogens is 1. The van der Waals surface area contributed by atoms with Gasteiger partial charge in [0.1, 0.15) is 5.58 Å². The molecule has 0 aliphatic carbocycles. The molecule has 1 aromatic carbocycles. The number of carbonyl (C=O) groups excluding carboxylic acids is 2. The first-order valence-electron chi connectivity index (χ1n) is 7.58. The highest BCUT2D eigenvalue weighted by molar-refractivity contribution is 6.32. The number of anilines is 1. The van der Waals surface area contributed by atoms with E-state index >= 15 is 0 Å². The standard InChI is InChI=1S/C18H15ClN2O4/c1-10-12-6-3-4-8-14(12)25-15(10)18(23)24-11(2)17(22)21-13-7-5-9-20-16(13)19/h3-9,11H,1-2H3,(H,21,22)/t11-/m1/s1. The van der Waals surface area contributed by atoms with Crippen molar-refractivity contribution < 1.29 is 18.7 Å². The fraction of sp³-hybridized carbons (Fsp3) is 0.167. The van der Waals surface area contributed by atoms with Gasteiger partial charge in [0.15, 0.2) is 11.3 Å². The second kappa shape index (κ2) is 6.94. The van der Waals surface area contributed by atoms with Crippen LogP contribution in [0.25, 0.3) is 11.0 Å². The van der Waals surface area contributed by atoms with Crippen molar-refractivity contribution in [3.63, 3.8) is 0 Å². The van der Waals surface area contributed by atoms with Crippen molar-refractivity contribution in [1.82, 2.24) is 4.98 Å². The summed E-state index contributed by atoms with van der Waals surface area (Å²) in [5, 5.41) is 3.55. The van der Waals surface area contributed by atoms with E-state index in [9.17, 15) is 9.59 Å². The van der Waals surface area contributed by atoms with Crippen LogP contribution in [0.3, 0.4) is 0 Å². The van der Waals surface area contributed by atoms with E-state index in [2.05, 4.69) is 10.3 Å². The summed E-state index contributed by atoms with van der Waals surface area (Å²) in [6.45, 7) is 3.23. The van der Waals surface area contributed by atoms with Gasteiger partial charge in [0.05, 0.1) is 5.69 Å². The van der Waals surface area contributed by atoms with Crippen LogP contribution in [-0.2, 0) is 9.53 Å². The molecule has 2 aromatic heterocycles. The smallest absolute Gasteiger partial charge is 0.375 e. The van der Waals surface area contributed by atoms with Crippen LogP contribution in [0.15, 0.2) is 47.0 Å². The van der Waals surface area contributed by atoms with Gasteiger partial charge in [0.2, 0.25) is 5.76 Å². The van der Waals surface area contributed by atoms with Crippen molar-refractivity contribution in [2.75, 3.05) is 5.32 Å². The van der Waals surface area contributed by atoms with E-state index in [0.717, 1.165) is 5.39 Å². The van der Waals surface area contributed by atoms with E-state index in [4.69, 9.17) is 20.8 Å². The lowest BCUT2D eigenvalue weighted by molar-refractivity contribution is -0.123. The number of halogens is 1. The zero-order valence-corrected chi connectivity index (χ0v) is 14.3. The number of pyridine rings is 1. The lowest BCUT2D eigenvalue weighted by atomic mass is 10.1. The molecule has 1 N–H and O–H groups in total. The number of hydrogen-bond donors (Lipinski definition) is 1. The Morgan fingerprint density at radius 2 is 2.00 bits per heavy atom. The third kappa shape index (κ3) is 3.49. The predicted octanol–water partition coefficient (Wildman–Crippen LogP) is 3.97. The van der Waals surface area contributed by atoms with Crippen LogP contribution in [0.5, 0.6) is 0 Å². The first-order chi connectivity index (χ1) is 12.0. The summed E-state index contributed by atoms with van der Waals surface area (Å²) in [6, 6.07) is 10.5. The van der Waals surface area contributed by atoms with Crippen molar-refractivity contribution in [3.8, 4) is 0 Å². The van der Waals surface area contributed by atoms with Crippen molar-refractivity contribution in [2.24, 2.45) is 0 Å². The summed E-state index contributed by atoms with van der Waals surface area (Å²) in [5.74, 6) is -1.13. The number of esters is 1. The molecule has 25 heavy (non-hydrogen) atoms. The Morgan fingerprint density at radius 3 is 2.72 bits per heavy atom. The molecular weight excluding hydrogens is 344 g/mol. The number of nitrogens with one attached hydrogen (secondary N) is 1. The van der Waals surface area contributed by atoms with Gasteiger partial charge in [-0.1, -0.05) is 29.8 Å². The second-order valence-electron chi connectivity index (χ2n) is 5.43. The third-order valence-corrected chi connectivity index (χ3v) is 4.00. The molecule has 0 spiro atoms. The van der Waals surface area contributed by atoms with Crippen LogP contribution in [-0.4, -0.2) is 23.0 Å². The zero-order valence-electron chi connectivity index (χ0n) is 13.6. The van der Waals surface area contributed by atoms with Crippen LogP contribution in [0.4, 0.5) is 5.69 Å². The van der Waals surface area contributed by atoms with E-state index in [-0.39, 0.29) is 10.9 Å². The van der Waals surface area contributed by atoms with Crippen LogP contribution in [0.2, 0.25) is 5.15 Å². The minimum absolute atomic E-state index is 0.0836. The fourth-order valence-electron chi connectivity index (χ4n) is 2.35. The number of para-hydroxylation sites is 1. The summed E-state index contributed by atoms with van der Waals surface area (Å²) < 4.78 is 10.8. The van der Waals surface area contributed by atoms with Gasteiger partial charge in [0.25, 0.3) is 5.91 Å². The molecule has 0 fully saturated rings. The number of nitrogens with zero attached hydrogens (tertiary/aromatic N) is 1. The maximum atomic E-state index is 12.3. The van der Waals surface area contributed by atoms with Gasteiger partial charge < -0.3 is 14.5 Å². The van der Waals surface area contributed by atoms with Gasteiger partial charge in [-0.3, -0.25) is 4.79 Å². The highest BCUT2D eigenvalue weighted by Gasteiger charge is 2.24. The van der Waals surface area contributed by atoms with Crippen LogP contribution in [0.1, 0.15) is 23.0 Å². The first kappa shape index (κ1) is 17.0. The van der Waals surface area contributed by atoms with Gasteiger partial charge in [-0.05, 0) is 32.0 Å². The number of carbonyl (C=O) groups is 2. The lowest BCUT2D eigenvalue weighted by Crippen LogP contribution is -2.30. The Morgan fingerprint density at radius 1 is 1.24 bits per heavy atom. The summed E-state index contributed by atoms with van der Waals surface area (Å²) in [7, 11) is 0. The van der Waals surface area contributed by atoms with E-state index in [1.807, 2.05) is 18.2 Å². The molecule has 1 atom stereocenters. The molecule has 0 saturated carbocycles. The molecule has 6 nitrogen and oxygen atoms in total. The predicted molar refractivity (Wildman–Crippen MR) is 93.7 cm³/mol. The van der Waals surface area contributed by atoms with Crippen molar-refractivity contribution in [1.29, 1.82) is 0 Å². The van der Waals surface area contributed by atoms with Crippen LogP contribution < -0.4 is 5.32 Å². The number of rotatable bonds is 4. The Balaban J connectivity index is 1.72. The first-order valence-corrected chi connectivity index (χ1v) is 7.95. The number of amides is 1. The maximum Gasteiger partial charge on any atom is 0.375 e. The molecule has 0 bridgehead atoms. The Labute approximate surface area is 148 Å². The topological polar surface area (TPSA) is 81.4 Å². The largest absolute Gasteiger partial charge is 0.449 e. The highest BCUT2D eigenvalue weighted by atomic mass is 35.5. The van der Waals surface area contributed by atoms with Crippen molar-refractivity contribution >= 4 is 40.1 Å². The summed E-state index contributed by atoms with van der Waals surface area (Å²) in [4.78, 5) is 28.4. The SMILES string of the molecule is Cc1c(C(=O)O[C@H](C)C(=O)Nc2cccnc2Cl)oc2ccccc12. The minimum atomic E-state index is -1.03. The van der Waals surface area contributed by atoms with Crippen molar-refractivity contribution in [3.05, 3.63) is 59.1 Å². The molecule has 0 aliphatic rings. The minimum Gasteiger partial charge on any atom is -0.449 e. The third-order valence-electron chi connectivity index (χ3n) is 3.70. The zero-order chi connectivity index (χ0) is 18.0. The van der Waals surface area contributed by atoms with E-state index in [1.165, 1.54) is 13.1 Å². The molecule has 7 heteroatoms. The van der Waals surface area contributed by atoms with Crippen molar-refractivity contribution in [2.45, 2.75) is 20.0 Å². The molecule has 0 aliphatic heterocycles. The molecule has 2 heterocycles. The Kier molecular flexibility index (Phi) is 4.72. The Hall–Kier alpha value is -2.86. The van der Waals surface area contributed by atoms with E-state index in [1.54, 1.807) is 25.1 Å². The molecule has 1 amide bonds. The molecule has 0 radical (unpaired) electrons. The number of aryl methyl sites for hydroxylation is 1. The fourth-order valence-corrected chi connectivity index (χ4v) is 2.52. The number of fused-ring (bicyclic) bond motifs is 1. The second-order valence-corrected chi connectivity index (χ2v) is 5.79. The maximum absolute atomic E-state index is 12.3. The van der Waals surface area contributed by atoms with Gasteiger partial charge in [-0.25, -0.2) is 9.78 Å². The number of ether oxygens (including phenoxy) is 1. The molecule has 128 valence electrons. The van der Waals surface area contributed by atoms with E-state index < -0.39 is 18.0 Å². The molecule has 0 unspecified atom stereocenters. The average Bonchev–Trinajstić information content (AvgIpc) is 2.94. The highest BCUT2D eigenvalue weighted by Crippen LogP contribution is 2.26. The number of benzene rings is 1. The summed E-state index contributed by atoms with van der Waals surface area (Å²) in [6.07, 6.45) is 0.475. The van der Waals surface area contributed by atoms with Crippen LogP contribution in [0, 0.1) is 6.92 Å². The van der Waals surface area contributed by atoms with Gasteiger partial charge in [-0.15, -0.1) is 0 Å². The number of furan rings is 1. The van der Waals surface area contributed by atoms with Gasteiger partial charge >= 0.3 is 5.97 Å². The molecule has 0 saturated heterocycles. The lowest BCUT2D eigenvalue weighted by Gasteiger charge is -2.13. The molecular formula is C18H15ClN2O4.